The molecule has 0 bridgehead atoms. The van der Waals surface area contributed by atoms with Crippen LogP contribution in [0.15, 0.2) is 42.5 Å². The lowest BCUT2D eigenvalue weighted by atomic mass is 10.1. The fourth-order valence-corrected chi connectivity index (χ4v) is 3.18. The Balaban J connectivity index is 1.53. The summed E-state index contributed by atoms with van der Waals surface area (Å²) in [5, 5.41) is 2.83. The molecule has 28 heavy (non-hydrogen) atoms. The molecular weight excluding hydrogens is 354 g/mol. The summed E-state index contributed by atoms with van der Waals surface area (Å²) < 4.78 is 10.9. The van der Waals surface area contributed by atoms with Crippen LogP contribution < -0.4 is 5.32 Å². The molecule has 1 N–H and O–H groups in total. The first-order valence-corrected chi connectivity index (χ1v) is 9.76. The summed E-state index contributed by atoms with van der Waals surface area (Å²) in [6.07, 6.45) is 2.56. The van der Waals surface area contributed by atoms with Crippen molar-refractivity contribution in [2.75, 3.05) is 5.32 Å². The number of aryl methyl sites for hydroxylation is 2. The van der Waals surface area contributed by atoms with Crippen LogP contribution in [0.25, 0.3) is 0 Å². The van der Waals surface area contributed by atoms with Gasteiger partial charge in [-0.25, -0.2) is 4.79 Å². The first kappa shape index (κ1) is 20.1. The van der Waals surface area contributed by atoms with Crippen molar-refractivity contribution in [2.45, 2.75) is 58.8 Å². The van der Waals surface area contributed by atoms with Gasteiger partial charge in [0.05, 0.1) is 18.3 Å². The van der Waals surface area contributed by atoms with Crippen LogP contribution in [0.5, 0.6) is 0 Å². The Bertz CT molecular complexity index is 842. The van der Waals surface area contributed by atoms with Gasteiger partial charge < -0.3 is 14.8 Å². The van der Waals surface area contributed by atoms with E-state index in [1.807, 2.05) is 38.1 Å². The first-order chi connectivity index (χ1) is 13.4. The van der Waals surface area contributed by atoms with Crippen molar-refractivity contribution in [3.63, 3.8) is 0 Å². The van der Waals surface area contributed by atoms with E-state index < -0.39 is 12.1 Å². The fraction of sp³-hybridized carbons (Fsp3) is 0.391. The quantitative estimate of drug-likeness (QED) is 0.727. The lowest BCUT2D eigenvalue weighted by Gasteiger charge is -2.14. The Kier molecular flexibility index (Phi) is 6.47. The molecule has 0 radical (unpaired) electrons. The third kappa shape index (κ3) is 5.20. The Hall–Kier alpha value is -2.66. The number of carbonyl (C=O) groups excluding carboxylic acids is 2. The Morgan fingerprint density at radius 1 is 1.00 bits per heavy atom. The number of amides is 1. The van der Waals surface area contributed by atoms with E-state index in [1.54, 1.807) is 19.1 Å². The zero-order valence-corrected chi connectivity index (χ0v) is 16.7. The molecule has 0 saturated carbocycles. The molecule has 1 amide bonds. The number of nitrogens with one attached hydrogen (secondary N) is 1. The van der Waals surface area contributed by atoms with E-state index in [4.69, 9.17) is 9.47 Å². The van der Waals surface area contributed by atoms with Crippen molar-refractivity contribution in [3.8, 4) is 0 Å². The molecule has 1 atom stereocenters. The second-order valence-electron chi connectivity index (χ2n) is 7.43. The molecule has 5 heteroatoms. The third-order valence-corrected chi connectivity index (χ3v) is 4.79. The molecule has 3 rings (SSSR count). The molecule has 148 valence electrons. The number of hydrogen-bond acceptors (Lipinski definition) is 4. The van der Waals surface area contributed by atoms with E-state index in [1.165, 1.54) is 11.1 Å². The molecule has 0 unspecified atom stereocenters. The number of carbonyl (C=O) groups is 2. The average Bonchev–Trinajstić information content (AvgIpc) is 3.14. The second-order valence-corrected chi connectivity index (χ2v) is 7.43. The number of rotatable bonds is 7. The molecule has 2 aromatic rings. The highest BCUT2D eigenvalue weighted by atomic mass is 16.5. The lowest BCUT2D eigenvalue weighted by molar-refractivity contribution is -0.123. The van der Waals surface area contributed by atoms with Gasteiger partial charge in [0, 0.05) is 5.69 Å². The highest BCUT2D eigenvalue weighted by Crippen LogP contribution is 2.25. The minimum Gasteiger partial charge on any atom is -0.449 e. The van der Waals surface area contributed by atoms with Gasteiger partial charge >= 0.3 is 5.97 Å². The Morgan fingerprint density at radius 2 is 1.71 bits per heavy atom. The number of fused-ring (bicyclic) bond motifs is 1. The summed E-state index contributed by atoms with van der Waals surface area (Å²) in [5.41, 5.74) is 4.75. The number of benzene rings is 2. The zero-order valence-electron chi connectivity index (χ0n) is 16.7. The van der Waals surface area contributed by atoms with E-state index in [-0.39, 0.29) is 12.0 Å². The van der Waals surface area contributed by atoms with Crippen molar-refractivity contribution < 1.29 is 19.1 Å². The summed E-state index contributed by atoms with van der Waals surface area (Å²) in [6, 6.07) is 13.0. The molecule has 1 aliphatic rings. The van der Waals surface area contributed by atoms with E-state index in [0.717, 1.165) is 30.5 Å². The van der Waals surface area contributed by atoms with Gasteiger partial charge in [0.25, 0.3) is 5.91 Å². The van der Waals surface area contributed by atoms with Crippen molar-refractivity contribution in [1.29, 1.82) is 0 Å². The molecule has 0 aromatic heterocycles. The van der Waals surface area contributed by atoms with Crippen LogP contribution in [0.4, 0.5) is 5.69 Å². The van der Waals surface area contributed by atoms with Crippen LogP contribution >= 0.6 is 0 Å². The highest BCUT2D eigenvalue weighted by Gasteiger charge is 2.20. The van der Waals surface area contributed by atoms with Crippen molar-refractivity contribution in [2.24, 2.45) is 0 Å². The van der Waals surface area contributed by atoms with E-state index in [0.29, 0.717) is 12.2 Å². The SMILES string of the molecule is CC(C)OCc1ccc(C(=O)O[C@@H](C)C(=O)Nc2ccc3c(c2)CCC3)cc1. The number of ether oxygens (including phenoxy) is 2. The number of hydrogen-bond donors (Lipinski definition) is 1. The van der Waals surface area contributed by atoms with E-state index in [9.17, 15) is 9.59 Å². The predicted molar refractivity (Wildman–Crippen MR) is 108 cm³/mol. The summed E-state index contributed by atoms with van der Waals surface area (Å²) in [5.74, 6) is -0.860. The van der Waals surface area contributed by atoms with Gasteiger partial charge in [-0.05, 0) is 81.0 Å². The van der Waals surface area contributed by atoms with Crippen LogP contribution in [0.2, 0.25) is 0 Å². The van der Waals surface area contributed by atoms with Crippen LogP contribution in [0.1, 0.15) is 54.2 Å². The Morgan fingerprint density at radius 3 is 2.43 bits per heavy atom. The van der Waals surface area contributed by atoms with Gasteiger partial charge in [-0.1, -0.05) is 18.2 Å². The van der Waals surface area contributed by atoms with Gasteiger partial charge in [0.2, 0.25) is 0 Å². The molecule has 1 aliphatic carbocycles. The largest absolute Gasteiger partial charge is 0.449 e. The van der Waals surface area contributed by atoms with Crippen LogP contribution in [0, 0.1) is 0 Å². The molecule has 0 fully saturated rings. The lowest BCUT2D eigenvalue weighted by Crippen LogP contribution is -2.30. The summed E-state index contributed by atoms with van der Waals surface area (Å²) in [7, 11) is 0. The second kappa shape index (κ2) is 9.02. The van der Waals surface area contributed by atoms with E-state index in [2.05, 4.69) is 11.4 Å². The van der Waals surface area contributed by atoms with Crippen LogP contribution in [-0.2, 0) is 33.7 Å². The van der Waals surface area contributed by atoms with Crippen LogP contribution in [0.3, 0.4) is 0 Å². The molecule has 5 nitrogen and oxygen atoms in total. The Labute approximate surface area is 166 Å². The fourth-order valence-electron chi connectivity index (χ4n) is 3.18. The molecule has 2 aromatic carbocycles. The summed E-state index contributed by atoms with van der Waals surface area (Å²) in [4.78, 5) is 24.7. The molecule has 0 aliphatic heterocycles. The molecule has 0 heterocycles. The van der Waals surface area contributed by atoms with Gasteiger partial charge in [-0.15, -0.1) is 0 Å². The van der Waals surface area contributed by atoms with Gasteiger partial charge in [-0.3, -0.25) is 4.79 Å². The normalized spacial score (nSPS) is 13.9. The maximum atomic E-state index is 12.4. The van der Waals surface area contributed by atoms with Gasteiger partial charge in [0.1, 0.15) is 0 Å². The maximum absolute atomic E-state index is 12.4. The van der Waals surface area contributed by atoms with Gasteiger partial charge in [0.15, 0.2) is 6.10 Å². The van der Waals surface area contributed by atoms with Gasteiger partial charge in [-0.2, -0.15) is 0 Å². The smallest absolute Gasteiger partial charge is 0.338 e. The number of anilines is 1. The zero-order chi connectivity index (χ0) is 20.1. The standard InChI is InChI=1S/C23H27NO4/c1-15(2)27-14-17-7-9-19(10-8-17)23(26)28-16(3)22(25)24-21-12-11-18-5-4-6-20(18)13-21/h7-13,15-16H,4-6,14H2,1-3H3,(H,24,25)/t16-/m0/s1. The minimum absolute atomic E-state index is 0.148. The van der Waals surface area contributed by atoms with Crippen LogP contribution in [-0.4, -0.2) is 24.1 Å². The molecular formula is C23H27NO4. The van der Waals surface area contributed by atoms with Crippen molar-refractivity contribution in [3.05, 3.63) is 64.7 Å². The van der Waals surface area contributed by atoms with Crippen molar-refractivity contribution in [1.82, 2.24) is 0 Å². The molecule has 0 spiro atoms. The number of esters is 1. The predicted octanol–water partition coefficient (Wildman–Crippen LogP) is 4.28. The summed E-state index contributed by atoms with van der Waals surface area (Å²) >= 11 is 0. The minimum atomic E-state index is -0.885. The summed E-state index contributed by atoms with van der Waals surface area (Å²) in [6.45, 7) is 6.01. The van der Waals surface area contributed by atoms with Crippen molar-refractivity contribution >= 4 is 17.6 Å². The first-order valence-electron chi connectivity index (χ1n) is 9.76. The van der Waals surface area contributed by atoms with E-state index >= 15 is 0 Å². The average molecular weight is 381 g/mol. The molecule has 0 saturated heterocycles. The highest BCUT2D eigenvalue weighted by molar-refractivity contribution is 5.97. The maximum Gasteiger partial charge on any atom is 0.338 e. The monoisotopic (exact) mass is 381 g/mol. The third-order valence-electron chi connectivity index (χ3n) is 4.79. The topological polar surface area (TPSA) is 64.6 Å².